The van der Waals surface area contributed by atoms with Gasteiger partial charge in [0, 0.05) is 12.1 Å². The van der Waals surface area contributed by atoms with E-state index in [1.807, 2.05) is 26.0 Å². The minimum absolute atomic E-state index is 0.0245. The third-order valence-electron chi connectivity index (χ3n) is 3.37. The third kappa shape index (κ3) is 4.85. The molecule has 2 rings (SSSR count). The highest BCUT2D eigenvalue weighted by Crippen LogP contribution is 2.38. The average molecular weight is 417 g/mol. The van der Waals surface area contributed by atoms with E-state index >= 15 is 0 Å². The molecule has 2 aromatic rings. The van der Waals surface area contributed by atoms with Gasteiger partial charge in [0.1, 0.15) is 12.4 Å². The molecule has 0 fully saturated rings. The summed E-state index contributed by atoms with van der Waals surface area (Å²) in [5, 5.41) is 3.61. The summed E-state index contributed by atoms with van der Waals surface area (Å²) in [5.41, 5.74) is 1.40. The SMILES string of the molecule is CCNCc1cc(Br)c(OCc2c(F)cccc2Cl)c(OCC)c1. The van der Waals surface area contributed by atoms with Crippen LogP contribution in [0.4, 0.5) is 4.39 Å². The van der Waals surface area contributed by atoms with Crippen molar-refractivity contribution in [3.63, 3.8) is 0 Å². The first-order valence-electron chi connectivity index (χ1n) is 7.78. The van der Waals surface area contributed by atoms with Gasteiger partial charge in [-0.05, 0) is 59.2 Å². The monoisotopic (exact) mass is 415 g/mol. The lowest BCUT2D eigenvalue weighted by atomic mass is 10.2. The zero-order valence-electron chi connectivity index (χ0n) is 13.7. The van der Waals surface area contributed by atoms with Gasteiger partial charge in [0.15, 0.2) is 11.5 Å². The Hall–Kier alpha value is -1.30. The van der Waals surface area contributed by atoms with Crippen LogP contribution in [0.5, 0.6) is 11.5 Å². The summed E-state index contributed by atoms with van der Waals surface area (Å²) in [7, 11) is 0. The number of halogens is 3. The number of ether oxygens (including phenoxy) is 2. The maximum Gasteiger partial charge on any atom is 0.175 e. The number of hydrogen-bond donors (Lipinski definition) is 1. The van der Waals surface area contributed by atoms with Crippen LogP contribution in [0.25, 0.3) is 0 Å². The second kappa shape index (κ2) is 9.25. The molecule has 0 aliphatic rings. The van der Waals surface area contributed by atoms with Gasteiger partial charge >= 0.3 is 0 Å². The zero-order chi connectivity index (χ0) is 17.5. The number of hydrogen-bond acceptors (Lipinski definition) is 3. The molecule has 0 saturated heterocycles. The molecule has 0 heterocycles. The van der Waals surface area contributed by atoms with Crippen molar-refractivity contribution >= 4 is 27.5 Å². The van der Waals surface area contributed by atoms with Crippen molar-refractivity contribution < 1.29 is 13.9 Å². The summed E-state index contributed by atoms with van der Waals surface area (Å²) < 4.78 is 26.1. The Morgan fingerprint density at radius 3 is 2.67 bits per heavy atom. The molecule has 1 N–H and O–H groups in total. The summed E-state index contributed by atoms with van der Waals surface area (Å²) in [6, 6.07) is 8.46. The van der Waals surface area contributed by atoms with Crippen molar-refractivity contribution in [2.75, 3.05) is 13.2 Å². The second-order valence-electron chi connectivity index (χ2n) is 5.11. The van der Waals surface area contributed by atoms with Gasteiger partial charge in [0.2, 0.25) is 0 Å². The fourth-order valence-corrected chi connectivity index (χ4v) is 3.03. The van der Waals surface area contributed by atoms with Crippen molar-refractivity contribution in [2.24, 2.45) is 0 Å². The second-order valence-corrected chi connectivity index (χ2v) is 6.37. The van der Waals surface area contributed by atoms with E-state index in [0.29, 0.717) is 28.7 Å². The number of nitrogens with one attached hydrogen (secondary N) is 1. The molecule has 0 aromatic heterocycles. The van der Waals surface area contributed by atoms with Crippen LogP contribution in [0.1, 0.15) is 25.0 Å². The average Bonchev–Trinajstić information content (AvgIpc) is 2.54. The Labute approximate surface area is 155 Å². The van der Waals surface area contributed by atoms with Gasteiger partial charge in [-0.1, -0.05) is 24.6 Å². The Bertz CT molecular complexity index is 677. The fraction of sp³-hybridized carbons (Fsp3) is 0.333. The van der Waals surface area contributed by atoms with Crippen LogP contribution >= 0.6 is 27.5 Å². The molecule has 0 spiro atoms. The summed E-state index contributed by atoms with van der Waals surface area (Å²) in [6.07, 6.45) is 0. The van der Waals surface area contributed by atoms with Crippen LogP contribution in [0.2, 0.25) is 5.02 Å². The molecule has 0 radical (unpaired) electrons. The fourth-order valence-electron chi connectivity index (χ4n) is 2.21. The number of benzene rings is 2. The molecule has 0 bridgehead atoms. The van der Waals surface area contributed by atoms with E-state index < -0.39 is 0 Å². The van der Waals surface area contributed by atoms with E-state index in [2.05, 4.69) is 21.2 Å². The lowest BCUT2D eigenvalue weighted by molar-refractivity contribution is 0.264. The highest BCUT2D eigenvalue weighted by atomic mass is 79.9. The van der Waals surface area contributed by atoms with Crippen LogP contribution in [0, 0.1) is 5.82 Å². The van der Waals surface area contributed by atoms with Gasteiger partial charge in [-0.3, -0.25) is 0 Å². The third-order valence-corrected chi connectivity index (χ3v) is 4.31. The van der Waals surface area contributed by atoms with Crippen molar-refractivity contribution in [3.8, 4) is 11.5 Å². The summed E-state index contributed by atoms with van der Waals surface area (Å²) in [4.78, 5) is 0. The van der Waals surface area contributed by atoms with Crippen LogP contribution in [0.3, 0.4) is 0 Å². The van der Waals surface area contributed by atoms with Gasteiger partial charge in [-0.15, -0.1) is 0 Å². The smallest absolute Gasteiger partial charge is 0.175 e. The van der Waals surface area contributed by atoms with E-state index in [0.717, 1.165) is 23.1 Å². The molecular formula is C18H20BrClFNO2. The molecular weight excluding hydrogens is 397 g/mol. The highest BCUT2D eigenvalue weighted by Gasteiger charge is 2.15. The van der Waals surface area contributed by atoms with Gasteiger partial charge in [-0.2, -0.15) is 0 Å². The van der Waals surface area contributed by atoms with E-state index in [9.17, 15) is 4.39 Å². The van der Waals surface area contributed by atoms with Crippen molar-refractivity contribution in [3.05, 3.63) is 56.8 Å². The van der Waals surface area contributed by atoms with E-state index in [1.54, 1.807) is 12.1 Å². The van der Waals surface area contributed by atoms with Crippen molar-refractivity contribution in [1.29, 1.82) is 0 Å². The van der Waals surface area contributed by atoms with Crippen LogP contribution in [0.15, 0.2) is 34.8 Å². The molecule has 0 aliphatic carbocycles. The Morgan fingerprint density at radius 2 is 2.00 bits per heavy atom. The zero-order valence-corrected chi connectivity index (χ0v) is 16.0. The minimum Gasteiger partial charge on any atom is -0.490 e. The Balaban J connectivity index is 2.25. The summed E-state index contributed by atoms with van der Waals surface area (Å²) in [6.45, 7) is 6.10. The molecule has 0 unspecified atom stereocenters. The van der Waals surface area contributed by atoms with Crippen LogP contribution in [-0.4, -0.2) is 13.2 Å². The Morgan fingerprint density at radius 1 is 1.21 bits per heavy atom. The molecule has 6 heteroatoms. The first-order valence-corrected chi connectivity index (χ1v) is 8.95. The maximum absolute atomic E-state index is 13.9. The van der Waals surface area contributed by atoms with Gasteiger partial charge in [0.25, 0.3) is 0 Å². The molecule has 2 aromatic carbocycles. The van der Waals surface area contributed by atoms with Gasteiger partial charge in [-0.25, -0.2) is 4.39 Å². The maximum atomic E-state index is 13.9. The Kier molecular flexibility index (Phi) is 7.34. The summed E-state index contributed by atoms with van der Waals surface area (Å²) >= 11 is 9.56. The normalized spacial score (nSPS) is 10.7. The van der Waals surface area contributed by atoms with Crippen LogP contribution < -0.4 is 14.8 Å². The molecule has 0 saturated carbocycles. The van der Waals surface area contributed by atoms with Crippen LogP contribution in [-0.2, 0) is 13.2 Å². The molecule has 0 amide bonds. The first-order chi connectivity index (χ1) is 11.6. The van der Waals surface area contributed by atoms with Crippen molar-refractivity contribution in [1.82, 2.24) is 5.32 Å². The quantitative estimate of drug-likeness (QED) is 0.631. The lowest BCUT2D eigenvalue weighted by Crippen LogP contribution is -2.12. The standard InChI is InChI=1S/C18H20BrClFNO2/c1-3-22-10-12-8-14(19)18(17(9-12)23-4-2)24-11-13-15(20)6-5-7-16(13)21/h5-9,22H,3-4,10-11H2,1-2H3. The molecule has 24 heavy (non-hydrogen) atoms. The van der Waals surface area contributed by atoms with E-state index in [-0.39, 0.29) is 12.4 Å². The molecule has 0 atom stereocenters. The molecule has 3 nitrogen and oxygen atoms in total. The van der Waals surface area contributed by atoms with E-state index in [1.165, 1.54) is 6.07 Å². The predicted octanol–water partition coefficient (Wildman–Crippen LogP) is 5.33. The lowest BCUT2D eigenvalue weighted by Gasteiger charge is -2.16. The molecule has 0 aliphatic heterocycles. The van der Waals surface area contributed by atoms with Gasteiger partial charge in [0.05, 0.1) is 16.1 Å². The van der Waals surface area contributed by atoms with Crippen molar-refractivity contribution in [2.45, 2.75) is 27.0 Å². The highest BCUT2D eigenvalue weighted by molar-refractivity contribution is 9.10. The largest absolute Gasteiger partial charge is 0.490 e. The topological polar surface area (TPSA) is 30.5 Å². The minimum atomic E-state index is -0.389. The molecule has 130 valence electrons. The van der Waals surface area contributed by atoms with E-state index in [4.69, 9.17) is 21.1 Å². The predicted molar refractivity (Wildman–Crippen MR) is 98.4 cm³/mol. The summed E-state index contributed by atoms with van der Waals surface area (Å²) in [5.74, 6) is 0.768. The van der Waals surface area contributed by atoms with Gasteiger partial charge < -0.3 is 14.8 Å². The number of rotatable bonds is 8. The first kappa shape index (κ1) is 19.0.